The molecule has 3 N–H and O–H groups in total. The van der Waals surface area contributed by atoms with E-state index < -0.39 is 0 Å². The fourth-order valence-corrected chi connectivity index (χ4v) is 2.17. The Balaban J connectivity index is 2.25. The topological polar surface area (TPSA) is 62.6 Å². The third-order valence-electron chi connectivity index (χ3n) is 3.46. The molecule has 18 heavy (non-hydrogen) atoms. The fourth-order valence-electron chi connectivity index (χ4n) is 2.17. The van der Waals surface area contributed by atoms with Crippen LogP contribution in [-0.4, -0.2) is 37.6 Å². The molecule has 0 bridgehead atoms. The van der Waals surface area contributed by atoms with Crippen molar-refractivity contribution in [2.75, 3.05) is 19.6 Å². The van der Waals surface area contributed by atoms with Crippen LogP contribution in [-0.2, 0) is 4.79 Å². The molecule has 0 aromatic rings. The van der Waals surface area contributed by atoms with E-state index in [9.17, 15) is 9.59 Å². The van der Waals surface area contributed by atoms with Crippen LogP contribution < -0.4 is 15.5 Å². The Morgan fingerprint density at radius 1 is 1.17 bits per heavy atom. The summed E-state index contributed by atoms with van der Waals surface area (Å²) in [6, 6.07) is -0.271. The van der Waals surface area contributed by atoms with Gasteiger partial charge in [-0.25, -0.2) is 4.79 Å². The molecule has 1 rings (SSSR count). The molecule has 0 aromatic carbocycles. The van der Waals surface area contributed by atoms with E-state index in [4.69, 9.17) is 0 Å². The van der Waals surface area contributed by atoms with Gasteiger partial charge in [-0.3, -0.25) is 10.1 Å². The molecule has 0 aromatic heterocycles. The quantitative estimate of drug-likeness (QED) is 0.666. The van der Waals surface area contributed by atoms with Crippen molar-refractivity contribution in [1.29, 1.82) is 0 Å². The Morgan fingerprint density at radius 2 is 1.78 bits per heavy atom. The van der Waals surface area contributed by atoms with Gasteiger partial charge >= 0.3 is 6.03 Å². The number of urea groups is 1. The first-order valence-corrected chi connectivity index (χ1v) is 7.05. The van der Waals surface area contributed by atoms with E-state index in [0.717, 1.165) is 19.5 Å². The van der Waals surface area contributed by atoms with Crippen LogP contribution in [0.2, 0.25) is 0 Å². The van der Waals surface area contributed by atoms with Crippen molar-refractivity contribution in [3.8, 4) is 0 Å². The average Bonchev–Trinajstić information content (AvgIpc) is 2.57. The van der Waals surface area contributed by atoms with Crippen LogP contribution >= 0.6 is 0 Å². The van der Waals surface area contributed by atoms with Gasteiger partial charge in [0.05, 0.1) is 13.1 Å². The Labute approximate surface area is 109 Å². The van der Waals surface area contributed by atoms with Crippen molar-refractivity contribution < 1.29 is 14.5 Å². The highest BCUT2D eigenvalue weighted by Crippen LogP contribution is 1.98. The van der Waals surface area contributed by atoms with Crippen LogP contribution in [0.15, 0.2) is 0 Å². The third kappa shape index (κ3) is 6.00. The molecule has 5 heteroatoms. The predicted molar refractivity (Wildman–Crippen MR) is 70.5 cm³/mol. The number of likely N-dealkylation sites (tertiary alicyclic amines) is 1. The van der Waals surface area contributed by atoms with E-state index in [-0.39, 0.29) is 18.0 Å². The Hall–Kier alpha value is -1.10. The molecule has 1 aliphatic rings. The first-order valence-electron chi connectivity index (χ1n) is 7.05. The van der Waals surface area contributed by atoms with Gasteiger partial charge in [0.2, 0.25) is 0 Å². The third-order valence-corrected chi connectivity index (χ3v) is 3.46. The molecular weight excluding hydrogens is 230 g/mol. The maximum absolute atomic E-state index is 11.7. The van der Waals surface area contributed by atoms with E-state index in [1.54, 1.807) is 0 Å². The molecule has 0 saturated carbocycles. The lowest BCUT2D eigenvalue weighted by molar-refractivity contribution is -0.891. The highest BCUT2D eigenvalue weighted by Gasteiger charge is 2.18. The summed E-state index contributed by atoms with van der Waals surface area (Å²) in [6.07, 6.45) is 5.75. The standard InChI is InChI=1S/C13H25N3O2/c1-3-11(2)14-13(18)15-12(17)10-16-8-6-4-5-7-9-16/h11H,3-10H2,1-2H3,(H2,14,15,17,18)/p+1/t11-/m0/s1. The normalized spacial score (nSPS) is 18.8. The van der Waals surface area contributed by atoms with E-state index >= 15 is 0 Å². The number of nitrogens with one attached hydrogen (secondary N) is 3. The predicted octanol–water partition coefficient (Wildman–Crippen LogP) is 0.0696. The molecule has 0 aliphatic carbocycles. The van der Waals surface area contributed by atoms with Crippen LogP contribution in [0.1, 0.15) is 46.0 Å². The van der Waals surface area contributed by atoms with E-state index in [0.29, 0.717) is 6.54 Å². The molecule has 0 spiro atoms. The number of quaternary nitrogens is 1. The second-order valence-corrected chi connectivity index (χ2v) is 5.17. The Morgan fingerprint density at radius 3 is 2.33 bits per heavy atom. The Bertz CT molecular complexity index is 273. The average molecular weight is 256 g/mol. The van der Waals surface area contributed by atoms with Crippen LogP contribution in [0.3, 0.4) is 0 Å². The molecule has 104 valence electrons. The number of carbonyl (C=O) groups excluding carboxylic acids is 2. The van der Waals surface area contributed by atoms with Crippen molar-refractivity contribution in [3.63, 3.8) is 0 Å². The largest absolute Gasteiger partial charge is 0.335 e. The summed E-state index contributed by atoms with van der Waals surface area (Å²) >= 11 is 0. The first-order chi connectivity index (χ1) is 8.61. The van der Waals surface area contributed by atoms with Gasteiger partial charge in [-0.15, -0.1) is 0 Å². The molecule has 0 radical (unpaired) electrons. The van der Waals surface area contributed by atoms with Gasteiger partial charge in [0.25, 0.3) is 5.91 Å². The van der Waals surface area contributed by atoms with E-state index in [1.165, 1.54) is 30.6 Å². The van der Waals surface area contributed by atoms with Crippen LogP contribution in [0.5, 0.6) is 0 Å². The van der Waals surface area contributed by atoms with Crippen LogP contribution in [0, 0.1) is 0 Å². The maximum atomic E-state index is 11.7. The monoisotopic (exact) mass is 256 g/mol. The van der Waals surface area contributed by atoms with Gasteiger partial charge in [0, 0.05) is 6.04 Å². The van der Waals surface area contributed by atoms with Gasteiger partial charge in [-0.2, -0.15) is 0 Å². The SMILES string of the molecule is CC[C@H](C)NC(=O)NC(=O)C[NH+]1CCCCCC1. The minimum atomic E-state index is -0.372. The minimum Gasteiger partial charge on any atom is -0.335 e. The van der Waals surface area contributed by atoms with E-state index in [1.807, 2.05) is 13.8 Å². The zero-order valence-corrected chi connectivity index (χ0v) is 11.6. The van der Waals surface area contributed by atoms with Gasteiger partial charge in [-0.1, -0.05) is 6.92 Å². The smallest absolute Gasteiger partial charge is 0.321 e. The summed E-state index contributed by atoms with van der Waals surface area (Å²) in [5.74, 6) is -0.173. The summed E-state index contributed by atoms with van der Waals surface area (Å²) in [5.41, 5.74) is 0. The number of carbonyl (C=O) groups is 2. The summed E-state index contributed by atoms with van der Waals surface area (Å²) in [7, 11) is 0. The number of imide groups is 1. The zero-order chi connectivity index (χ0) is 13.4. The number of hydrogen-bond donors (Lipinski definition) is 3. The number of hydrogen-bond acceptors (Lipinski definition) is 2. The second-order valence-electron chi connectivity index (χ2n) is 5.17. The molecule has 1 atom stereocenters. The summed E-state index contributed by atoms with van der Waals surface area (Å²) in [6.45, 7) is 6.41. The lowest BCUT2D eigenvalue weighted by Crippen LogP contribution is -3.13. The molecule has 0 unspecified atom stereocenters. The molecule has 1 heterocycles. The number of rotatable bonds is 4. The fraction of sp³-hybridized carbons (Fsp3) is 0.846. The van der Waals surface area contributed by atoms with Gasteiger partial charge in [-0.05, 0) is 39.0 Å². The summed E-state index contributed by atoms with van der Waals surface area (Å²) in [5, 5.41) is 5.13. The maximum Gasteiger partial charge on any atom is 0.321 e. The number of amides is 3. The molecule has 1 aliphatic heterocycles. The van der Waals surface area contributed by atoms with Crippen LogP contribution in [0.25, 0.3) is 0 Å². The van der Waals surface area contributed by atoms with Gasteiger partial charge in [0.1, 0.15) is 0 Å². The molecule has 5 nitrogen and oxygen atoms in total. The molecular formula is C13H26N3O2+. The van der Waals surface area contributed by atoms with Crippen LogP contribution in [0.4, 0.5) is 4.79 Å². The lowest BCUT2D eigenvalue weighted by atomic mass is 10.2. The summed E-state index contributed by atoms with van der Waals surface area (Å²) in [4.78, 5) is 24.5. The lowest BCUT2D eigenvalue weighted by Gasteiger charge is -2.17. The van der Waals surface area contributed by atoms with Crippen molar-refractivity contribution in [2.24, 2.45) is 0 Å². The summed E-state index contributed by atoms with van der Waals surface area (Å²) < 4.78 is 0. The molecule has 1 fully saturated rings. The molecule has 1 saturated heterocycles. The van der Waals surface area contributed by atoms with Crippen molar-refractivity contribution in [3.05, 3.63) is 0 Å². The zero-order valence-electron chi connectivity index (χ0n) is 11.6. The first kappa shape index (κ1) is 15.0. The Kier molecular flexibility index (Phi) is 6.72. The highest BCUT2D eigenvalue weighted by atomic mass is 16.2. The van der Waals surface area contributed by atoms with Crippen molar-refractivity contribution >= 4 is 11.9 Å². The second kappa shape index (κ2) is 8.08. The van der Waals surface area contributed by atoms with Crippen molar-refractivity contribution in [2.45, 2.75) is 52.0 Å². The van der Waals surface area contributed by atoms with Gasteiger partial charge in [0.15, 0.2) is 6.54 Å². The van der Waals surface area contributed by atoms with Crippen molar-refractivity contribution in [1.82, 2.24) is 10.6 Å². The van der Waals surface area contributed by atoms with E-state index in [2.05, 4.69) is 10.6 Å². The highest BCUT2D eigenvalue weighted by molar-refractivity contribution is 5.94. The minimum absolute atomic E-state index is 0.100. The molecule has 3 amide bonds. The van der Waals surface area contributed by atoms with Gasteiger partial charge < -0.3 is 10.2 Å².